The maximum absolute atomic E-state index is 11.9. The second-order valence-corrected chi connectivity index (χ2v) is 6.20. The zero-order valence-corrected chi connectivity index (χ0v) is 13.3. The number of guanidine groups is 1. The van der Waals surface area contributed by atoms with E-state index in [1.807, 2.05) is 0 Å². The van der Waals surface area contributed by atoms with Crippen molar-refractivity contribution in [3.63, 3.8) is 0 Å². The summed E-state index contributed by atoms with van der Waals surface area (Å²) in [5.74, 6) is -0.716. The Morgan fingerprint density at radius 2 is 1.71 bits per heavy atom. The summed E-state index contributed by atoms with van der Waals surface area (Å²) in [6.07, 6.45) is 5.89. The standard InChI is InChI=1S/C15H15N5O3S/c16-15(17)20-24(22,23)13-3-1-12(2-4-13)19-10-7-14(21)11-5-8-18-9-6-11/h1-10,19H,(H4,16,17,20). The van der Waals surface area contributed by atoms with Crippen LogP contribution < -0.4 is 16.8 Å². The molecular weight excluding hydrogens is 330 g/mol. The summed E-state index contributed by atoms with van der Waals surface area (Å²) in [5, 5.41) is 2.87. The number of nitrogens with zero attached hydrogens (tertiary/aromatic N) is 2. The van der Waals surface area contributed by atoms with Crippen LogP contribution in [0.25, 0.3) is 0 Å². The van der Waals surface area contributed by atoms with Gasteiger partial charge in [0.05, 0.1) is 4.90 Å². The number of anilines is 1. The first-order valence-electron chi connectivity index (χ1n) is 6.72. The quantitative estimate of drug-likeness (QED) is 0.305. The van der Waals surface area contributed by atoms with Crippen molar-refractivity contribution in [2.75, 3.05) is 5.32 Å². The molecule has 0 aliphatic rings. The number of nitrogens with one attached hydrogen (secondary N) is 1. The number of ketones is 1. The van der Waals surface area contributed by atoms with Gasteiger partial charge in [-0.25, -0.2) is 0 Å². The van der Waals surface area contributed by atoms with E-state index >= 15 is 0 Å². The normalized spacial score (nSPS) is 11.2. The summed E-state index contributed by atoms with van der Waals surface area (Å²) < 4.78 is 26.8. The van der Waals surface area contributed by atoms with E-state index in [9.17, 15) is 13.2 Å². The maximum atomic E-state index is 11.9. The number of sulfonamides is 1. The Morgan fingerprint density at radius 3 is 2.29 bits per heavy atom. The van der Waals surface area contributed by atoms with Crippen molar-refractivity contribution in [2.24, 2.45) is 15.9 Å². The molecule has 0 saturated heterocycles. The third-order valence-electron chi connectivity index (χ3n) is 2.83. The van der Waals surface area contributed by atoms with Crippen molar-refractivity contribution >= 4 is 27.5 Å². The van der Waals surface area contributed by atoms with Crippen LogP contribution in [-0.4, -0.2) is 25.1 Å². The van der Waals surface area contributed by atoms with Crippen LogP contribution >= 0.6 is 0 Å². The van der Waals surface area contributed by atoms with Gasteiger partial charge in [-0.3, -0.25) is 9.78 Å². The molecule has 1 aromatic carbocycles. The number of nitrogens with two attached hydrogens (primary N) is 2. The van der Waals surface area contributed by atoms with Crippen LogP contribution in [0.4, 0.5) is 5.69 Å². The number of rotatable bonds is 6. The van der Waals surface area contributed by atoms with Crippen LogP contribution in [0, 0.1) is 0 Å². The minimum absolute atomic E-state index is 0.0432. The van der Waals surface area contributed by atoms with Gasteiger partial charge in [-0.2, -0.15) is 8.42 Å². The van der Waals surface area contributed by atoms with Gasteiger partial charge >= 0.3 is 0 Å². The van der Waals surface area contributed by atoms with Crippen LogP contribution in [0.2, 0.25) is 0 Å². The van der Waals surface area contributed by atoms with E-state index in [-0.39, 0.29) is 10.7 Å². The predicted octanol–water partition coefficient (Wildman–Crippen LogP) is 0.852. The lowest BCUT2D eigenvalue weighted by Gasteiger charge is -2.03. The molecule has 5 N–H and O–H groups in total. The van der Waals surface area contributed by atoms with E-state index < -0.39 is 16.0 Å². The summed E-state index contributed by atoms with van der Waals surface area (Å²) in [7, 11) is -3.91. The molecule has 2 aromatic rings. The number of carbonyl (C=O) groups excluding carboxylic acids is 1. The highest BCUT2D eigenvalue weighted by molar-refractivity contribution is 7.90. The van der Waals surface area contributed by atoms with Crippen molar-refractivity contribution in [1.82, 2.24) is 4.98 Å². The highest BCUT2D eigenvalue weighted by atomic mass is 32.2. The molecule has 0 bridgehead atoms. The summed E-state index contributed by atoms with van der Waals surface area (Å²) in [5.41, 5.74) is 11.3. The van der Waals surface area contributed by atoms with Gasteiger partial charge in [0.15, 0.2) is 5.78 Å². The monoisotopic (exact) mass is 345 g/mol. The topological polar surface area (TPSA) is 141 Å². The Labute approximate surface area is 139 Å². The first-order chi connectivity index (χ1) is 11.4. The van der Waals surface area contributed by atoms with Crippen LogP contribution in [0.1, 0.15) is 10.4 Å². The molecule has 0 aliphatic carbocycles. The first kappa shape index (κ1) is 17.2. The number of benzene rings is 1. The van der Waals surface area contributed by atoms with Gasteiger partial charge in [0.1, 0.15) is 0 Å². The molecule has 0 spiro atoms. The van der Waals surface area contributed by atoms with E-state index in [0.29, 0.717) is 11.3 Å². The second-order valence-electron chi connectivity index (χ2n) is 4.59. The highest BCUT2D eigenvalue weighted by Crippen LogP contribution is 2.16. The van der Waals surface area contributed by atoms with Crippen molar-refractivity contribution in [2.45, 2.75) is 4.90 Å². The molecule has 8 nitrogen and oxygen atoms in total. The molecule has 0 saturated carbocycles. The van der Waals surface area contributed by atoms with Gasteiger partial charge in [0.25, 0.3) is 10.0 Å². The van der Waals surface area contributed by atoms with Gasteiger partial charge in [-0.15, -0.1) is 4.40 Å². The largest absolute Gasteiger partial charge is 0.369 e. The van der Waals surface area contributed by atoms with Crippen molar-refractivity contribution in [1.29, 1.82) is 0 Å². The van der Waals surface area contributed by atoms with Gasteiger partial charge in [0, 0.05) is 35.9 Å². The molecule has 0 amide bonds. The first-order valence-corrected chi connectivity index (χ1v) is 8.16. The Balaban J connectivity index is 2.04. The lowest BCUT2D eigenvalue weighted by Crippen LogP contribution is -2.24. The van der Waals surface area contributed by atoms with E-state index in [2.05, 4.69) is 14.7 Å². The zero-order valence-electron chi connectivity index (χ0n) is 12.5. The Morgan fingerprint density at radius 1 is 1.08 bits per heavy atom. The van der Waals surface area contributed by atoms with Crippen LogP contribution in [0.5, 0.6) is 0 Å². The molecule has 124 valence electrons. The van der Waals surface area contributed by atoms with Crippen molar-refractivity contribution in [3.05, 3.63) is 66.6 Å². The molecule has 0 fully saturated rings. The van der Waals surface area contributed by atoms with Crippen molar-refractivity contribution < 1.29 is 13.2 Å². The summed E-state index contributed by atoms with van der Waals surface area (Å²) >= 11 is 0. The Bertz CT molecular complexity index is 871. The number of aromatic nitrogens is 1. The predicted molar refractivity (Wildman–Crippen MR) is 90.8 cm³/mol. The second kappa shape index (κ2) is 7.38. The zero-order chi connectivity index (χ0) is 17.6. The Kier molecular flexibility index (Phi) is 5.27. The summed E-state index contributed by atoms with van der Waals surface area (Å²) in [4.78, 5) is 15.6. The molecule has 0 atom stereocenters. The lowest BCUT2D eigenvalue weighted by molar-refractivity contribution is 0.104. The Hall–Kier alpha value is -3.20. The number of hydrogen-bond acceptors (Lipinski definition) is 5. The molecule has 9 heteroatoms. The third-order valence-corrected chi connectivity index (χ3v) is 4.15. The number of allylic oxidation sites excluding steroid dienone is 1. The fourth-order valence-electron chi connectivity index (χ4n) is 1.74. The van der Waals surface area contributed by atoms with Gasteiger partial charge in [-0.05, 0) is 36.4 Å². The van der Waals surface area contributed by atoms with Gasteiger partial charge in [-0.1, -0.05) is 0 Å². The van der Waals surface area contributed by atoms with E-state index in [0.717, 1.165) is 0 Å². The number of hydrogen-bond donors (Lipinski definition) is 3. The average Bonchev–Trinajstić information content (AvgIpc) is 2.55. The molecule has 0 aliphatic heterocycles. The third kappa shape index (κ3) is 4.65. The van der Waals surface area contributed by atoms with Gasteiger partial charge < -0.3 is 16.8 Å². The number of carbonyl (C=O) groups is 1. The van der Waals surface area contributed by atoms with Crippen LogP contribution in [0.3, 0.4) is 0 Å². The van der Waals surface area contributed by atoms with Gasteiger partial charge in [0.2, 0.25) is 5.96 Å². The van der Waals surface area contributed by atoms with E-state index in [1.165, 1.54) is 48.9 Å². The molecule has 0 unspecified atom stereocenters. The molecular formula is C15H15N5O3S. The van der Waals surface area contributed by atoms with E-state index in [4.69, 9.17) is 11.5 Å². The summed E-state index contributed by atoms with van der Waals surface area (Å²) in [6.45, 7) is 0. The van der Waals surface area contributed by atoms with Crippen molar-refractivity contribution in [3.8, 4) is 0 Å². The minimum Gasteiger partial charge on any atom is -0.369 e. The minimum atomic E-state index is -3.91. The number of pyridine rings is 1. The molecule has 1 heterocycles. The molecule has 1 aromatic heterocycles. The smallest absolute Gasteiger partial charge is 0.285 e. The molecule has 0 radical (unpaired) electrons. The fraction of sp³-hybridized carbons (Fsp3) is 0. The summed E-state index contributed by atoms with van der Waals surface area (Å²) in [6, 6.07) is 8.96. The highest BCUT2D eigenvalue weighted by Gasteiger charge is 2.12. The molecule has 2 rings (SSSR count). The van der Waals surface area contributed by atoms with Crippen LogP contribution in [-0.2, 0) is 10.0 Å². The van der Waals surface area contributed by atoms with Crippen LogP contribution in [0.15, 0.2) is 70.4 Å². The lowest BCUT2D eigenvalue weighted by atomic mass is 10.2. The fourth-order valence-corrected chi connectivity index (χ4v) is 2.60. The SMILES string of the molecule is NC(N)=NS(=O)(=O)c1ccc(NC=CC(=O)c2ccncc2)cc1. The maximum Gasteiger partial charge on any atom is 0.285 e. The van der Waals surface area contributed by atoms with E-state index in [1.54, 1.807) is 12.1 Å². The average molecular weight is 345 g/mol. The molecule has 24 heavy (non-hydrogen) atoms.